The van der Waals surface area contributed by atoms with E-state index in [0.29, 0.717) is 10.6 Å². The Morgan fingerprint density at radius 3 is 2.62 bits per heavy atom. The maximum absolute atomic E-state index is 12.9. The molecule has 0 aliphatic rings. The monoisotopic (exact) mass is 376 g/mol. The van der Waals surface area contributed by atoms with Gasteiger partial charge in [0, 0.05) is 16.6 Å². The number of hydrogen-bond donors (Lipinski definition) is 1. The zero-order valence-corrected chi connectivity index (χ0v) is 14.1. The van der Waals surface area contributed by atoms with Crippen molar-refractivity contribution in [2.24, 2.45) is 0 Å². The first-order chi connectivity index (χ1) is 12.3. The highest BCUT2D eigenvalue weighted by Crippen LogP contribution is 2.40. The molecule has 0 atom stereocenters. The van der Waals surface area contributed by atoms with Crippen LogP contribution in [-0.2, 0) is 6.18 Å². The number of aromatic nitrogens is 3. The van der Waals surface area contributed by atoms with Crippen LogP contribution < -0.4 is 5.73 Å². The number of anilines is 1. The minimum Gasteiger partial charge on any atom is -0.415 e. The van der Waals surface area contributed by atoms with E-state index in [0.717, 1.165) is 28.0 Å². The lowest BCUT2D eigenvalue weighted by atomic mass is 10.1. The summed E-state index contributed by atoms with van der Waals surface area (Å²) < 4.78 is 44.2. The molecule has 0 saturated heterocycles. The second-order valence-corrected chi connectivity index (χ2v) is 6.64. The van der Waals surface area contributed by atoms with Gasteiger partial charge in [0.1, 0.15) is 9.71 Å². The van der Waals surface area contributed by atoms with Gasteiger partial charge >= 0.3 is 6.18 Å². The lowest BCUT2D eigenvalue weighted by Gasteiger charge is -2.06. The molecule has 3 heterocycles. The molecule has 2 N–H and O–H groups in total. The van der Waals surface area contributed by atoms with Crippen molar-refractivity contribution < 1.29 is 17.6 Å². The summed E-state index contributed by atoms with van der Waals surface area (Å²) in [4.78, 5) is 5.69. The molecule has 0 fully saturated rings. The smallest absolute Gasteiger partial charge is 0.415 e. The van der Waals surface area contributed by atoms with Gasteiger partial charge < -0.3 is 10.2 Å². The third-order valence-corrected chi connectivity index (χ3v) is 4.89. The molecule has 0 unspecified atom stereocenters. The van der Waals surface area contributed by atoms with Gasteiger partial charge in [-0.3, -0.25) is 0 Å². The quantitative estimate of drug-likeness (QED) is 0.537. The molecule has 9 heteroatoms. The number of halogens is 3. The Hall–Kier alpha value is -2.94. The number of benzene rings is 1. The van der Waals surface area contributed by atoms with E-state index in [1.54, 1.807) is 0 Å². The van der Waals surface area contributed by atoms with Crippen LogP contribution in [0.2, 0.25) is 0 Å². The first kappa shape index (κ1) is 16.5. The lowest BCUT2D eigenvalue weighted by molar-refractivity contribution is -0.137. The minimum atomic E-state index is -4.45. The van der Waals surface area contributed by atoms with Gasteiger partial charge in [-0.05, 0) is 37.3 Å². The number of nitrogens with two attached hydrogens (primary N) is 1. The van der Waals surface area contributed by atoms with Crippen molar-refractivity contribution in [2.75, 3.05) is 5.73 Å². The molecule has 26 heavy (non-hydrogen) atoms. The fraction of sp³-hybridized carbons (Fsp3) is 0.118. The normalized spacial score (nSPS) is 12.0. The number of pyridine rings is 1. The van der Waals surface area contributed by atoms with Gasteiger partial charge in [-0.25, -0.2) is 4.98 Å². The standard InChI is InChI=1S/C17H11F3N4OS/c1-8-5-6-11-12(21)13(26-16(11)22-8)15-24-23-14(25-15)9-3-2-4-10(7-9)17(18,19)20/h2-7H,21H2,1H3. The summed E-state index contributed by atoms with van der Waals surface area (Å²) in [6.07, 6.45) is -4.45. The molecular formula is C17H11F3N4OS. The van der Waals surface area contributed by atoms with Crippen molar-refractivity contribution in [1.29, 1.82) is 0 Å². The van der Waals surface area contributed by atoms with E-state index in [9.17, 15) is 13.2 Å². The van der Waals surface area contributed by atoms with Crippen molar-refractivity contribution in [1.82, 2.24) is 15.2 Å². The third-order valence-electron chi connectivity index (χ3n) is 3.79. The topological polar surface area (TPSA) is 77.8 Å². The van der Waals surface area contributed by atoms with Gasteiger partial charge in [0.2, 0.25) is 5.89 Å². The Kier molecular flexibility index (Phi) is 3.69. The Labute approximate surface area is 149 Å². The predicted molar refractivity (Wildman–Crippen MR) is 92.5 cm³/mol. The molecular weight excluding hydrogens is 365 g/mol. The van der Waals surface area contributed by atoms with E-state index in [1.807, 2.05) is 19.1 Å². The summed E-state index contributed by atoms with van der Waals surface area (Å²) in [6, 6.07) is 8.43. The van der Waals surface area contributed by atoms with E-state index in [1.165, 1.54) is 23.5 Å². The van der Waals surface area contributed by atoms with Crippen LogP contribution in [0.3, 0.4) is 0 Å². The third kappa shape index (κ3) is 2.80. The molecule has 3 aromatic heterocycles. The molecule has 5 nitrogen and oxygen atoms in total. The van der Waals surface area contributed by atoms with Crippen LogP contribution in [0.5, 0.6) is 0 Å². The minimum absolute atomic E-state index is 0.00732. The van der Waals surface area contributed by atoms with Crippen LogP contribution in [-0.4, -0.2) is 15.2 Å². The summed E-state index contributed by atoms with van der Waals surface area (Å²) in [5, 5.41) is 8.57. The molecule has 1 aromatic carbocycles. The summed E-state index contributed by atoms with van der Waals surface area (Å²) >= 11 is 1.29. The highest BCUT2D eigenvalue weighted by Gasteiger charge is 2.31. The zero-order chi connectivity index (χ0) is 18.5. The Bertz CT molecular complexity index is 1120. The molecule has 0 spiro atoms. The van der Waals surface area contributed by atoms with Crippen LogP contribution in [0.15, 0.2) is 40.8 Å². The predicted octanol–water partition coefficient (Wildman–Crippen LogP) is 4.92. The average molecular weight is 376 g/mol. The maximum atomic E-state index is 12.9. The van der Waals surface area contributed by atoms with Crippen LogP contribution in [0.25, 0.3) is 32.4 Å². The number of fused-ring (bicyclic) bond motifs is 1. The number of aryl methyl sites for hydroxylation is 1. The van der Waals surface area contributed by atoms with E-state index in [-0.39, 0.29) is 17.3 Å². The first-order valence-corrected chi connectivity index (χ1v) is 8.32. The van der Waals surface area contributed by atoms with Gasteiger partial charge in [0.15, 0.2) is 0 Å². The van der Waals surface area contributed by atoms with Crippen molar-refractivity contribution in [2.45, 2.75) is 13.1 Å². The number of alkyl halides is 3. The van der Waals surface area contributed by atoms with E-state index in [4.69, 9.17) is 10.2 Å². The van der Waals surface area contributed by atoms with Crippen molar-refractivity contribution in [3.05, 3.63) is 47.7 Å². The lowest BCUT2D eigenvalue weighted by Crippen LogP contribution is -2.04. The van der Waals surface area contributed by atoms with Crippen LogP contribution in [0.1, 0.15) is 11.3 Å². The van der Waals surface area contributed by atoms with Gasteiger partial charge in [0.25, 0.3) is 5.89 Å². The summed E-state index contributed by atoms with van der Waals surface area (Å²) in [5.41, 5.74) is 6.85. The van der Waals surface area contributed by atoms with E-state index in [2.05, 4.69) is 15.2 Å². The number of hydrogen-bond acceptors (Lipinski definition) is 6. The SMILES string of the molecule is Cc1ccc2c(N)c(-c3nnc(-c4cccc(C(F)(F)F)c4)o3)sc2n1. The molecule has 4 rings (SSSR count). The van der Waals surface area contributed by atoms with E-state index >= 15 is 0 Å². The molecule has 0 saturated carbocycles. The highest BCUT2D eigenvalue weighted by molar-refractivity contribution is 7.22. The van der Waals surface area contributed by atoms with Crippen molar-refractivity contribution >= 4 is 27.2 Å². The van der Waals surface area contributed by atoms with Gasteiger partial charge in [0.05, 0.1) is 11.3 Å². The van der Waals surface area contributed by atoms with Gasteiger partial charge in [-0.15, -0.1) is 21.5 Å². The summed E-state index contributed by atoms with van der Waals surface area (Å²) in [5.74, 6) is 0.141. The maximum Gasteiger partial charge on any atom is 0.416 e. The van der Waals surface area contributed by atoms with Crippen LogP contribution in [0.4, 0.5) is 18.9 Å². The van der Waals surface area contributed by atoms with E-state index < -0.39 is 11.7 Å². The second-order valence-electron chi connectivity index (χ2n) is 5.64. The summed E-state index contributed by atoms with van der Waals surface area (Å²) in [6.45, 7) is 1.87. The van der Waals surface area contributed by atoms with Crippen LogP contribution >= 0.6 is 11.3 Å². The second kappa shape index (κ2) is 5.80. The molecule has 0 aliphatic carbocycles. The molecule has 0 aliphatic heterocycles. The number of nitrogens with zero attached hydrogens (tertiary/aromatic N) is 3. The average Bonchev–Trinajstić information content (AvgIpc) is 3.19. The Balaban J connectivity index is 1.77. The fourth-order valence-electron chi connectivity index (χ4n) is 2.51. The molecule has 4 aromatic rings. The van der Waals surface area contributed by atoms with Gasteiger partial charge in [-0.1, -0.05) is 6.07 Å². The zero-order valence-electron chi connectivity index (χ0n) is 13.3. The van der Waals surface area contributed by atoms with Crippen molar-refractivity contribution in [3.63, 3.8) is 0 Å². The fourth-order valence-corrected chi connectivity index (χ4v) is 3.57. The Morgan fingerprint density at radius 2 is 1.85 bits per heavy atom. The number of rotatable bonds is 2. The largest absolute Gasteiger partial charge is 0.416 e. The summed E-state index contributed by atoms with van der Waals surface area (Å²) in [7, 11) is 0. The van der Waals surface area contributed by atoms with Gasteiger partial charge in [-0.2, -0.15) is 13.2 Å². The Morgan fingerprint density at radius 1 is 1.08 bits per heavy atom. The molecule has 0 amide bonds. The number of thiophene rings is 1. The molecule has 0 radical (unpaired) electrons. The first-order valence-electron chi connectivity index (χ1n) is 7.50. The molecule has 0 bridgehead atoms. The number of nitrogen functional groups attached to an aromatic ring is 1. The molecule has 132 valence electrons. The highest BCUT2D eigenvalue weighted by atomic mass is 32.1. The van der Waals surface area contributed by atoms with Crippen molar-refractivity contribution in [3.8, 4) is 22.2 Å². The van der Waals surface area contributed by atoms with Crippen LogP contribution in [0, 0.1) is 6.92 Å².